The minimum Gasteiger partial charge on any atom is -0.399 e. The number of carbonyl (C=O) groups is 1. The standard InChI is InChI=1S/C16H17BrN2O/c1-10-6-13(8-14(17)7-10)16(20)19-9-12-4-3-5-15(18)11(12)2/h3-8H,9,18H2,1-2H3,(H,19,20). The van der Waals surface area contributed by atoms with Crippen LogP contribution >= 0.6 is 15.9 Å². The SMILES string of the molecule is Cc1cc(Br)cc(C(=O)NCc2cccc(N)c2C)c1. The van der Waals surface area contributed by atoms with E-state index in [4.69, 9.17) is 5.73 Å². The van der Waals surface area contributed by atoms with E-state index in [1.54, 1.807) is 0 Å². The summed E-state index contributed by atoms with van der Waals surface area (Å²) in [5, 5.41) is 2.92. The van der Waals surface area contributed by atoms with Gasteiger partial charge in [0.15, 0.2) is 0 Å². The summed E-state index contributed by atoms with van der Waals surface area (Å²) < 4.78 is 0.905. The van der Waals surface area contributed by atoms with E-state index in [1.165, 1.54) is 0 Å². The summed E-state index contributed by atoms with van der Waals surface area (Å²) in [6, 6.07) is 11.4. The monoisotopic (exact) mass is 332 g/mol. The third kappa shape index (κ3) is 3.39. The Morgan fingerprint density at radius 1 is 1.25 bits per heavy atom. The second-order valence-corrected chi connectivity index (χ2v) is 5.75. The molecule has 2 aromatic rings. The normalized spacial score (nSPS) is 10.3. The lowest BCUT2D eigenvalue weighted by Crippen LogP contribution is -2.23. The fourth-order valence-corrected chi connectivity index (χ4v) is 2.65. The van der Waals surface area contributed by atoms with Gasteiger partial charge in [-0.2, -0.15) is 0 Å². The van der Waals surface area contributed by atoms with Crippen molar-refractivity contribution in [1.29, 1.82) is 0 Å². The van der Waals surface area contributed by atoms with E-state index in [2.05, 4.69) is 21.2 Å². The fraction of sp³-hybridized carbons (Fsp3) is 0.188. The van der Waals surface area contributed by atoms with Gasteiger partial charge in [0.2, 0.25) is 0 Å². The average molecular weight is 333 g/mol. The number of anilines is 1. The molecule has 0 spiro atoms. The molecular formula is C16H17BrN2O. The topological polar surface area (TPSA) is 55.1 Å². The Labute approximate surface area is 127 Å². The van der Waals surface area contributed by atoms with E-state index in [9.17, 15) is 4.79 Å². The van der Waals surface area contributed by atoms with E-state index in [0.29, 0.717) is 12.1 Å². The third-order valence-electron chi connectivity index (χ3n) is 3.23. The molecule has 0 saturated carbocycles. The van der Waals surface area contributed by atoms with Gasteiger partial charge in [0.1, 0.15) is 0 Å². The van der Waals surface area contributed by atoms with E-state index in [-0.39, 0.29) is 5.91 Å². The molecule has 0 aliphatic heterocycles. The predicted molar refractivity (Wildman–Crippen MR) is 85.6 cm³/mol. The Kier molecular flexibility index (Phi) is 4.45. The Morgan fingerprint density at radius 2 is 2.00 bits per heavy atom. The van der Waals surface area contributed by atoms with Crippen LogP contribution in [0.4, 0.5) is 5.69 Å². The fourth-order valence-electron chi connectivity index (χ4n) is 2.04. The van der Waals surface area contributed by atoms with Gasteiger partial charge in [0.05, 0.1) is 0 Å². The summed E-state index contributed by atoms with van der Waals surface area (Å²) in [7, 11) is 0. The summed E-state index contributed by atoms with van der Waals surface area (Å²) in [4.78, 5) is 12.2. The van der Waals surface area contributed by atoms with Crippen LogP contribution in [-0.4, -0.2) is 5.91 Å². The highest BCUT2D eigenvalue weighted by Crippen LogP contribution is 2.17. The number of hydrogen-bond acceptors (Lipinski definition) is 2. The van der Waals surface area contributed by atoms with Crippen molar-refractivity contribution in [1.82, 2.24) is 5.32 Å². The molecule has 20 heavy (non-hydrogen) atoms. The largest absolute Gasteiger partial charge is 0.399 e. The van der Waals surface area contributed by atoms with Crippen molar-refractivity contribution in [3.63, 3.8) is 0 Å². The maximum Gasteiger partial charge on any atom is 0.251 e. The lowest BCUT2D eigenvalue weighted by atomic mass is 10.1. The Balaban J connectivity index is 2.10. The molecule has 0 aliphatic carbocycles. The molecule has 0 heterocycles. The minimum atomic E-state index is -0.0868. The van der Waals surface area contributed by atoms with E-state index < -0.39 is 0 Å². The predicted octanol–water partition coefficient (Wildman–Crippen LogP) is 3.58. The highest BCUT2D eigenvalue weighted by molar-refractivity contribution is 9.10. The number of rotatable bonds is 3. The lowest BCUT2D eigenvalue weighted by Gasteiger charge is -2.10. The summed E-state index contributed by atoms with van der Waals surface area (Å²) in [6.07, 6.45) is 0. The third-order valence-corrected chi connectivity index (χ3v) is 3.69. The molecule has 3 N–H and O–H groups in total. The van der Waals surface area contributed by atoms with Crippen LogP contribution in [-0.2, 0) is 6.54 Å². The maximum absolute atomic E-state index is 12.2. The van der Waals surface area contributed by atoms with Crippen LogP contribution in [0.25, 0.3) is 0 Å². The van der Waals surface area contributed by atoms with Crippen molar-refractivity contribution in [3.05, 3.63) is 63.1 Å². The lowest BCUT2D eigenvalue weighted by molar-refractivity contribution is 0.0950. The smallest absolute Gasteiger partial charge is 0.251 e. The first-order valence-electron chi connectivity index (χ1n) is 6.36. The average Bonchev–Trinajstić information content (AvgIpc) is 2.39. The van der Waals surface area contributed by atoms with Crippen molar-refractivity contribution in [2.45, 2.75) is 20.4 Å². The second kappa shape index (κ2) is 6.09. The summed E-state index contributed by atoms with van der Waals surface area (Å²) in [6.45, 7) is 4.39. The Morgan fingerprint density at radius 3 is 2.70 bits per heavy atom. The zero-order valence-electron chi connectivity index (χ0n) is 11.5. The molecule has 0 saturated heterocycles. The van der Waals surface area contributed by atoms with Crippen LogP contribution in [0.3, 0.4) is 0 Å². The van der Waals surface area contributed by atoms with Gasteiger partial charge >= 0.3 is 0 Å². The Bertz CT molecular complexity index is 633. The molecule has 0 unspecified atom stereocenters. The van der Waals surface area contributed by atoms with Gasteiger partial charge in [-0.1, -0.05) is 28.1 Å². The van der Waals surface area contributed by atoms with Crippen molar-refractivity contribution in [2.24, 2.45) is 0 Å². The number of aryl methyl sites for hydroxylation is 1. The quantitative estimate of drug-likeness (QED) is 0.844. The first kappa shape index (κ1) is 14.6. The number of carbonyl (C=O) groups excluding carboxylic acids is 1. The van der Waals surface area contributed by atoms with E-state index in [0.717, 1.165) is 26.9 Å². The number of nitrogens with two attached hydrogens (primary N) is 1. The molecule has 4 heteroatoms. The highest BCUT2D eigenvalue weighted by Gasteiger charge is 2.08. The van der Waals surface area contributed by atoms with Crippen LogP contribution < -0.4 is 11.1 Å². The van der Waals surface area contributed by atoms with Crippen molar-refractivity contribution < 1.29 is 4.79 Å². The molecule has 0 fully saturated rings. The van der Waals surface area contributed by atoms with Gasteiger partial charge < -0.3 is 11.1 Å². The van der Waals surface area contributed by atoms with Crippen molar-refractivity contribution >= 4 is 27.5 Å². The molecule has 2 aromatic carbocycles. The van der Waals surface area contributed by atoms with E-state index >= 15 is 0 Å². The minimum absolute atomic E-state index is 0.0868. The molecule has 2 rings (SSSR count). The number of hydrogen-bond donors (Lipinski definition) is 2. The molecule has 0 aromatic heterocycles. The first-order valence-corrected chi connectivity index (χ1v) is 7.16. The van der Waals surface area contributed by atoms with Crippen LogP contribution in [0.5, 0.6) is 0 Å². The molecule has 0 atom stereocenters. The molecule has 3 nitrogen and oxygen atoms in total. The van der Waals surface area contributed by atoms with Gasteiger partial charge in [-0.3, -0.25) is 4.79 Å². The second-order valence-electron chi connectivity index (χ2n) is 4.83. The van der Waals surface area contributed by atoms with Gasteiger partial charge in [0.25, 0.3) is 5.91 Å². The molecule has 0 aliphatic rings. The van der Waals surface area contributed by atoms with Crippen LogP contribution in [0.1, 0.15) is 27.0 Å². The Hall–Kier alpha value is -1.81. The number of halogens is 1. The number of amides is 1. The van der Waals surface area contributed by atoms with Crippen LogP contribution in [0.2, 0.25) is 0 Å². The summed E-state index contributed by atoms with van der Waals surface area (Å²) in [5.74, 6) is -0.0868. The number of nitrogen functional groups attached to an aromatic ring is 1. The number of nitrogens with one attached hydrogen (secondary N) is 1. The van der Waals surface area contributed by atoms with Gasteiger partial charge in [-0.05, 0) is 54.8 Å². The van der Waals surface area contributed by atoms with Crippen LogP contribution in [0, 0.1) is 13.8 Å². The number of benzene rings is 2. The molecule has 1 amide bonds. The van der Waals surface area contributed by atoms with Gasteiger partial charge in [-0.25, -0.2) is 0 Å². The van der Waals surface area contributed by atoms with Crippen LogP contribution in [0.15, 0.2) is 40.9 Å². The van der Waals surface area contributed by atoms with Gasteiger partial charge in [0, 0.05) is 22.3 Å². The summed E-state index contributed by atoms with van der Waals surface area (Å²) >= 11 is 3.40. The van der Waals surface area contributed by atoms with E-state index in [1.807, 2.05) is 50.2 Å². The highest BCUT2D eigenvalue weighted by atomic mass is 79.9. The van der Waals surface area contributed by atoms with Crippen molar-refractivity contribution in [3.8, 4) is 0 Å². The summed E-state index contributed by atoms with van der Waals surface area (Å²) in [5.41, 5.74) is 10.3. The molecule has 0 bridgehead atoms. The van der Waals surface area contributed by atoms with Gasteiger partial charge in [-0.15, -0.1) is 0 Å². The first-order chi connectivity index (χ1) is 9.47. The zero-order valence-corrected chi connectivity index (χ0v) is 13.1. The van der Waals surface area contributed by atoms with Crippen molar-refractivity contribution in [2.75, 3.05) is 5.73 Å². The molecule has 104 valence electrons. The maximum atomic E-state index is 12.2. The molecule has 0 radical (unpaired) electrons. The zero-order chi connectivity index (χ0) is 14.7. The molecular weight excluding hydrogens is 316 g/mol.